The number of halogens is 3. The van der Waals surface area contributed by atoms with Crippen LogP contribution in [0.25, 0.3) is 0 Å². The van der Waals surface area contributed by atoms with E-state index < -0.39 is 17.5 Å². The van der Waals surface area contributed by atoms with Gasteiger partial charge >= 0.3 is 0 Å². The molecule has 1 aliphatic rings. The van der Waals surface area contributed by atoms with Crippen LogP contribution < -0.4 is 14.9 Å². The molecule has 8 heteroatoms. The summed E-state index contributed by atoms with van der Waals surface area (Å²) in [4.78, 5) is 19.1. The largest absolute Gasteiger partial charge is 0.438 e. The molecule has 26 heavy (non-hydrogen) atoms. The van der Waals surface area contributed by atoms with E-state index in [2.05, 4.69) is 15.1 Å². The Bertz CT molecular complexity index is 766. The van der Waals surface area contributed by atoms with Crippen molar-refractivity contribution in [1.29, 1.82) is 0 Å². The smallest absolute Gasteiger partial charge is 0.257 e. The molecular formula is C18H18ClF2N3O2. The summed E-state index contributed by atoms with van der Waals surface area (Å²) >= 11 is 5.63. The number of rotatable bonds is 5. The van der Waals surface area contributed by atoms with Gasteiger partial charge in [-0.15, -0.1) is 0 Å². The molecule has 2 N–H and O–H groups in total. The van der Waals surface area contributed by atoms with Crippen LogP contribution in [0.15, 0.2) is 36.5 Å². The number of nitrogens with one attached hydrogen (secondary N) is 2. The molecule has 0 aliphatic heterocycles. The van der Waals surface area contributed by atoms with Crippen molar-refractivity contribution in [3.05, 3.63) is 53.7 Å². The van der Waals surface area contributed by atoms with E-state index in [0.717, 1.165) is 37.9 Å². The third-order valence-corrected chi connectivity index (χ3v) is 4.62. The summed E-state index contributed by atoms with van der Waals surface area (Å²) < 4.78 is 32.1. The SMILES string of the molecule is O=C(NC1CCC(NCl)CC1)c1cc(F)cnc1Oc1ccc(F)cc1. The van der Waals surface area contributed by atoms with Crippen LogP contribution in [0, 0.1) is 11.6 Å². The van der Waals surface area contributed by atoms with Gasteiger partial charge in [-0.2, -0.15) is 0 Å². The molecule has 0 atom stereocenters. The highest BCUT2D eigenvalue weighted by Gasteiger charge is 2.24. The lowest BCUT2D eigenvalue weighted by Crippen LogP contribution is -2.40. The Morgan fingerprint density at radius 1 is 1.08 bits per heavy atom. The minimum absolute atomic E-state index is 0.00748. The first-order valence-electron chi connectivity index (χ1n) is 8.31. The van der Waals surface area contributed by atoms with Crippen molar-refractivity contribution in [1.82, 2.24) is 15.1 Å². The molecule has 2 aromatic rings. The van der Waals surface area contributed by atoms with Gasteiger partial charge < -0.3 is 10.1 Å². The zero-order valence-corrected chi connectivity index (χ0v) is 14.6. The lowest BCUT2D eigenvalue weighted by Gasteiger charge is -2.28. The highest BCUT2D eigenvalue weighted by Crippen LogP contribution is 2.25. The van der Waals surface area contributed by atoms with Gasteiger partial charge in [0, 0.05) is 12.1 Å². The molecule has 1 aliphatic carbocycles. The average molecular weight is 382 g/mol. The third-order valence-electron chi connectivity index (χ3n) is 4.31. The van der Waals surface area contributed by atoms with Gasteiger partial charge in [-0.1, -0.05) is 0 Å². The first kappa shape index (κ1) is 18.5. The molecule has 1 heterocycles. The summed E-state index contributed by atoms with van der Waals surface area (Å²) in [7, 11) is 0. The summed E-state index contributed by atoms with van der Waals surface area (Å²) in [6.07, 6.45) is 4.19. The van der Waals surface area contributed by atoms with Gasteiger partial charge in [-0.3, -0.25) is 4.79 Å². The molecule has 1 aromatic heterocycles. The Morgan fingerprint density at radius 3 is 2.38 bits per heavy atom. The molecule has 1 saturated carbocycles. The van der Waals surface area contributed by atoms with E-state index in [0.29, 0.717) is 5.75 Å². The third kappa shape index (κ3) is 4.68. The predicted octanol–water partition coefficient (Wildman–Crippen LogP) is 3.94. The molecular weight excluding hydrogens is 364 g/mol. The van der Waals surface area contributed by atoms with Gasteiger partial charge in [0.05, 0.1) is 6.20 Å². The standard InChI is InChI=1S/C18H18ClF2N3O2/c19-24-14-5-3-13(4-6-14)23-17(25)16-9-12(21)10-22-18(16)26-15-7-1-11(20)2-8-15/h1-2,7-10,13-14,24H,3-6H2,(H,23,25). The van der Waals surface area contributed by atoms with E-state index in [1.165, 1.54) is 24.3 Å². The first-order chi connectivity index (χ1) is 12.5. The number of hydrogen-bond donors (Lipinski definition) is 2. The van der Waals surface area contributed by atoms with Crippen LogP contribution in [0.2, 0.25) is 0 Å². The number of hydrogen-bond acceptors (Lipinski definition) is 4. The van der Waals surface area contributed by atoms with Crippen LogP contribution in [0.5, 0.6) is 11.6 Å². The van der Waals surface area contributed by atoms with Crippen LogP contribution >= 0.6 is 11.8 Å². The molecule has 1 aromatic carbocycles. The summed E-state index contributed by atoms with van der Waals surface area (Å²) in [5.41, 5.74) is -0.00748. The van der Waals surface area contributed by atoms with Crippen molar-refractivity contribution < 1.29 is 18.3 Å². The van der Waals surface area contributed by atoms with Crippen LogP contribution in [0.3, 0.4) is 0 Å². The summed E-state index contributed by atoms with van der Waals surface area (Å²) in [6, 6.07) is 6.55. The number of nitrogens with zero attached hydrogens (tertiary/aromatic N) is 1. The van der Waals surface area contributed by atoms with E-state index in [4.69, 9.17) is 16.5 Å². The number of benzene rings is 1. The van der Waals surface area contributed by atoms with Crippen molar-refractivity contribution in [3.63, 3.8) is 0 Å². The summed E-state index contributed by atoms with van der Waals surface area (Å²) in [6.45, 7) is 0. The van der Waals surface area contributed by atoms with Gasteiger partial charge in [-0.05, 0) is 67.8 Å². The summed E-state index contributed by atoms with van der Waals surface area (Å²) in [5, 5.41) is 2.89. The van der Waals surface area contributed by atoms with Gasteiger partial charge in [0.25, 0.3) is 5.91 Å². The number of pyridine rings is 1. The number of carbonyl (C=O) groups excluding carboxylic acids is 1. The fourth-order valence-corrected chi connectivity index (χ4v) is 3.11. The maximum atomic E-state index is 13.6. The maximum Gasteiger partial charge on any atom is 0.257 e. The van der Waals surface area contributed by atoms with E-state index >= 15 is 0 Å². The Kier molecular flexibility index (Phi) is 6.00. The molecule has 138 valence electrons. The molecule has 0 unspecified atom stereocenters. The molecule has 5 nitrogen and oxygen atoms in total. The Balaban J connectivity index is 1.72. The van der Waals surface area contributed by atoms with Gasteiger partial charge in [0.2, 0.25) is 5.88 Å². The predicted molar refractivity (Wildman–Crippen MR) is 93.2 cm³/mol. The Morgan fingerprint density at radius 2 is 1.73 bits per heavy atom. The second-order valence-electron chi connectivity index (χ2n) is 6.19. The lowest BCUT2D eigenvalue weighted by molar-refractivity contribution is 0.0921. The maximum absolute atomic E-state index is 13.6. The minimum Gasteiger partial charge on any atom is -0.438 e. The Labute approximate surface area is 154 Å². The van der Waals surface area contributed by atoms with Crippen molar-refractivity contribution in [3.8, 4) is 11.6 Å². The zero-order chi connectivity index (χ0) is 18.5. The van der Waals surface area contributed by atoms with E-state index in [-0.39, 0.29) is 23.5 Å². The number of carbonyl (C=O) groups is 1. The van der Waals surface area contributed by atoms with Crippen LogP contribution in [0.1, 0.15) is 36.0 Å². The zero-order valence-electron chi connectivity index (χ0n) is 13.8. The normalized spacial score (nSPS) is 19.8. The van der Waals surface area contributed by atoms with Gasteiger partial charge in [0.15, 0.2) is 0 Å². The highest BCUT2D eigenvalue weighted by atomic mass is 35.5. The quantitative estimate of drug-likeness (QED) is 0.770. The highest BCUT2D eigenvalue weighted by molar-refractivity contribution is 6.13. The van der Waals surface area contributed by atoms with Gasteiger partial charge in [-0.25, -0.2) is 18.6 Å². The van der Waals surface area contributed by atoms with Crippen molar-refractivity contribution in [2.75, 3.05) is 0 Å². The number of aromatic nitrogens is 1. The molecule has 1 amide bonds. The fraction of sp³-hybridized carbons (Fsp3) is 0.333. The monoisotopic (exact) mass is 381 g/mol. The molecule has 0 spiro atoms. The lowest BCUT2D eigenvalue weighted by atomic mass is 9.91. The second-order valence-corrected chi connectivity index (χ2v) is 6.41. The van der Waals surface area contributed by atoms with E-state index in [9.17, 15) is 13.6 Å². The Hall–Kier alpha value is -2.25. The molecule has 0 bridgehead atoms. The topological polar surface area (TPSA) is 63.2 Å². The molecule has 1 fully saturated rings. The first-order valence-corrected chi connectivity index (χ1v) is 8.69. The van der Waals surface area contributed by atoms with Crippen LogP contribution in [-0.2, 0) is 0 Å². The van der Waals surface area contributed by atoms with Crippen LogP contribution in [0.4, 0.5) is 8.78 Å². The van der Waals surface area contributed by atoms with Crippen LogP contribution in [-0.4, -0.2) is 23.0 Å². The van der Waals surface area contributed by atoms with Gasteiger partial charge in [0.1, 0.15) is 22.9 Å². The second kappa shape index (κ2) is 8.42. The molecule has 3 rings (SSSR count). The summed E-state index contributed by atoms with van der Waals surface area (Å²) in [5.74, 6) is -1.25. The minimum atomic E-state index is -0.642. The van der Waals surface area contributed by atoms with E-state index in [1.54, 1.807) is 0 Å². The van der Waals surface area contributed by atoms with Crippen molar-refractivity contribution in [2.45, 2.75) is 37.8 Å². The number of amides is 1. The molecule has 0 radical (unpaired) electrons. The van der Waals surface area contributed by atoms with Crippen molar-refractivity contribution in [2.24, 2.45) is 0 Å². The molecule has 0 saturated heterocycles. The fourth-order valence-electron chi connectivity index (χ4n) is 2.90. The van der Waals surface area contributed by atoms with E-state index in [1.807, 2.05) is 0 Å². The number of ether oxygens (including phenoxy) is 1. The van der Waals surface area contributed by atoms with Crippen molar-refractivity contribution >= 4 is 17.7 Å². The average Bonchev–Trinajstić information content (AvgIpc) is 2.65.